The first-order chi connectivity index (χ1) is 5.98. The molecular weight excluding hydrogens is 255 g/mol. The van der Waals surface area contributed by atoms with Gasteiger partial charge in [0.1, 0.15) is 0 Å². The topological polar surface area (TPSA) is 26.0 Å². The monoisotopic (exact) mass is 263 g/mol. The van der Waals surface area contributed by atoms with E-state index < -0.39 is 30.5 Å². The molecular formula is C6H9ClF7N. The van der Waals surface area contributed by atoms with Gasteiger partial charge in [0.25, 0.3) is 0 Å². The molecule has 0 bridgehead atoms. The summed E-state index contributed by atoms with van der Waals surface area (Å²) in [5, 5.41) is 0. The Bertz CT molecular complexity index is 202. The Labute approximate surface area is 87.2 Å². The lowest BCUT2D eigenvalue weighted by atomic mass is 10.0. The third-order valence-corrected chi connectivity index (χ3v) is 1.68. The molecule has 9 heteroatoms. The molecule has 0 unspecified atom stereocenters. The highest BCUT2D eigenvalue weighted by molar-refractivity contribution is 5.85. The van der Waals surface area contributed by atoms with Crippen molar-refractivity contribution in [3.8, 4) is 0 Å². The summed E-state index contributed by atoms with van der Waals surface area (Å²) in [7, 11) is 0. The summed E-state index contributed by atoms with van der Waals surface area (Å²) in [6.07, 6.45) is -6.98. The highest BCUT2D eigenvalue weighted by atomic mass is 35.5. The van der Waals surface area contributed by atoms with Crippen LogP contribution >= 0.6 is 12.4 Å². The van der Waals surface area contributed by atoms with E-state index in [0.717, 1.165) is 6.92 Å². The summed E-state index contributed by atoms with van der Waals surface area (Å²) >= 11 is 0. The first-order valence-electron chi connectivity index (χ1n) is 3.56. The van der Waals surface area contributed by atoms with Crippen molar-refractivity contribution in [3.63, 3.8) is 0 Å². The van der Waals surface area contributed by atoms with Crippen molar-refractivity contribution in [1.82, 2.24) is 0 Å². The normalized spacial score (nSPS) is 15.8. The average Bonchev–Trinajstić information content (AvgIpc) is 2.00. The molecule has 1 nitrogen and oxygen atoms in total. The van der Waals surface area contributed by atoms with Gasteiger partial charge in [0.2, 0.25) is 0 Å². The van der Waals surface area contributed by atoms with E-state index in [1.54, 1.807) is 0 Å². The fourth-order valence-corrected chi connectivity index (χ4v) is 0.678. The predicted molar refractivity (Wildman–Crippen MR) is 41.5 cm³/mol. The van der Waals surface area contributed by atoms with E-state index in [9.17, 15) is 30.7 Å². The molecule has 0 aromatic rings. The quantitative estimate of drug-likeness (QED) is 0.779. The van der Waals surface area contributed by atoms with Gasteiger partial charge in [0.15, 0.2) is 0 Å². The number of nitrogens with two attached hydrogens (primary N) is 1. The van der Waals surface area contributed by atoms with E-state index in [1.807, 2.05) is 0 Å². The lowest BCUT2D eigenvalue weighted by molar-refractivity contribution is -0.358. The molecule has 0 aromatic heterocycles. The molecule has 0 saturated carbocycles. The van der Waals surface area contributed by atoms with Crippen LogP contribution < -0.4 is 5.73 Å². The van der Waals surface area contributed by atoms with Crippen LogP contribution in [0, 0.1) is 0 Å². The molecule has 0 aliphatic heterocycles. The van der Waals surface area contributed by atoms with Crippen molar-refractivity contribution in [3.05, 3.63) is 0 Å². The Balaban J connectivity index is 0. The smallest absolute Gasteiger partial charge is 0.322 e. The minimum absolute atomic E-state index is 0. The predicted octanol–water partition coefficient (Wildman–Crippen LogP) is 2.98. The maximum absolute atomic E-state index is 12.5. The SMILES string of the molecule is CC[C@H](N)C(F)(F)C(F)(F)C(F)(F)F.Cl. The first kappa shape index (κ1) is 17.2. The molecule has 2 N–H and O–H groups in total. The van der Waals surface area contributed by atoms with Crippen LogP contribution in [0.15, 0.2) is 0 Å². The van der Waals surface area contributed by atoms with Gasteiger partial charge in [-0.05, 0) is 6.42 Å². The zero-order chi connectivity index (χ0) is 11.8. The largest absolute Gasteiger partial charge is 0.459 e. The van der Waals surface area contributed by atoms with Crippen molar-refractivity contribution in [2.24, 2.45) is 5.73 Å². The third-order valence-electron chi connectivity index (χ3n) is 1.68. The van der Waals surface area contributed by atoms with Gasteiger partial charge in [-0.2, -0.15) is 30.7 Å². The minimum atomic E-state index is -6.30. The standard InChI is InChI=1S/C6H8F7N.ClH/c1-2-3(14)4(7,8)5(9,10)6(11,12)13;/h3H,2,14H2,1H3;1H/t3-;/m0./s1. The summed E-state index contributed by atoms with van der Waals surface area (Å²) in [6.45, 7) is 0.991. The van der Waals surface area contributed by atoms with Gasteiger partial charge in [-0.25, -0.2) is 0 Å². The molecule has 0 fully saturated rings. The summed E-state index contributed by atoms with van der Waals surface area (Å²) in [4.78, 5) is 0. The molecule has 0 heterocycles. The van der Waals surface area contributed by atoms with Gasteiger partial charge in [-0.1, -0.05) is 6.92 Å². The summed E-state index contributed by atoms with van der Waals surface area (Å²) < 4.78 is 84.0. The molecule has 0 rings (SSSR count). The van der Waals surface area contributed by atoms with Gasteiger partial charge in [0, 0.05) is 0 Å². The van der Waals surface area contributed by atoms with Crippen LogP contribution in [0.4, 0.5) is 30.7 Å². The van der Waals surface area contributed by atoms with E-state index in [2.05, 4.69) is 5.73 Å². The zero-order valence-electron chi connectivity index (χ0n) is 7.42. The number of hydrogen-bond acceptors (Lipinski definition) is 1. The van der Waals surface area contributed by atoms with E-state index in [1.165, 1.54) is 0 Å². The van der Waals surface area contributed by atoms with Gasteiger partial charge in [0.05, 0.1) is 6.04 Å². The molecule has 0 aliphatic rings. The van der Waals surface area contributed by atoms with Crippen molar-refractivity contribution in [2.75, 3.05) is 0 Å². The van der Waals surface area contributed by atoms with Gasteiger partial charge >= 0.3 is 18.0 Å². The van der Waals surface area contributed by atoms with Gasteiger partial charge in [-0.15, -0.1) is 12.4 Å². The van der Waals surface area contributed by atoms with E-state index in [4.69, 9.17) is 0 Å². The van der Waals surface area contributed by atoms with Crippen molar-refractivity contribution in [1.29, 1.82) is 0 Å². The summed E-state index contributed by atoms with van der Waals surface area (Å²) in [5.41, 5.74) is 4.50. The van der Waals surface area contributed by atoms with Crippen LogP contribution in [0.5, 0.6) is 0 Å². The van der Waals surface area contributed by atoms with Crippen LogP contribution in [-0.2, 0) is 0 Å². The number of hydrogen-bond donors (Lipinski definition) is 1. The molecule has 94 valence electrons. The summed E-state index contributed by atoms with van der Waals surface area (Å²) in [6, 6.07) is -2.53. The Morgan fingerprint density at radius 1 is 1.00 bits per heavy atom. The average molecular weight is 264 g/mol. The second-order valence-corrected chi connectivity index (χ2v) is 2.71. The summed E-state index contributed by atoms with van der Waals surface area (Å²) in [5.74, 6) is -11.4. The van der Waals surface area contributed by atoms with Gasteiger partial charge < -0.3 is 5.73 Å². The lowest BCUT2D eigenvalue weighted by Crippen LogP contribution is -2.60. The van der Waals surface area contributed by atoms with Crippen LogP contribution in [0.3, 0.4) is 0 Å². The lowest BCUT2D eigenvalue weighted by Gasteiger charge is -2.31. The van der Waals surface area contributed by atoms with Crippen LogP contribution in [0.1, 0.15) is 13.3 Å². The zero-order valence-corrected chi connectivity index (χ0v) is 8.23. The van der Waals surface area contributed by atoms with Crippen molar-refractivity contribution >= 4 is 12.4 Å². The molecule has 0 aromatic carbocycles. The second-order valence-electron chi connectivity index (χ2n) is 2.71. The molecule has 15 heavy (non-hydrogen) atoms. The second kappa shape index (κ2) is 4.73. The van der Waals surface area contributed by atoms with Crippen LogP contribution in [0.2, 0.25) is 0 Å². The van der Waals surface area contributed by atoms with Crippen molar-refractivity contribution in [2.45, 2.75) is 37.4 Å². The molecule has 1 atom stereocenters. The van der Waals surface area contributed by atoms with Gasteiger partial charge in [-0.3, -0.25) is 0 Å². The minimum Gasteiger partial charge on any atom is -0.322 e. The highest BCUT2D eigenvalue weighted by Crippen LogP contribution is 2.47. The molecule has 0 radical (unpaired) electrons. The molecule has 0 amide bonds. The van der Waals surface area contributed by atoms with Crippen LogP contribution in [-0.4, -0.2) is 24.1 Å². The van der Waals surface area contributed by atoms with Crippen molar-refractivity contribution < 1.29 is 30.7 Å². The Kier molecular flexibility index (Phi) is 5.41. The number of rotatable bonds is 3. The fraction of sp³-hybridized carbons (Fsp3) is 1.00. The molecule has 0 aliphatic carbocycles. The first-order valence-corrected chi connectivity index (χ1v) is 3.56. The Hall–Kier alpha value is -0.240. The van der Waals surface area contributed by atoms with E-state index >= 15 is 0 Å². The molecule has 0 spiro atoms. The maximum Gasteiger partial charge on any atom is 0.459 e. The molecule has 0 saturated heterocycles. The van der Waals surface area contributed by atoms with E-state index in [-0.39, 0.29) is 12.4 Å². The maximum atomic E-state index is 12.5. The number of halogens is 8. The van der Waals surface area contributed by atoms with Crippen LogP contribution in [0.25, 0.3) is 0 Å². The van der Waals surface area contributed by atoms with E-state index in [0.29, 0.717) is 0 Å². The number of alkyl halides is 7. The Morgan fingerprint density at radius 2 is 1.33 bits per heavy atom. The Morgan fingerprint density at radius 3 is 1.53 bits per heavy atom. The fourth-order valence-electron chi connectivity index (χ4n) is 0.678. The highest BCUT2D eigenvalue weighted by Gasteiger charge is 2.74. The third kappa shape index (κ3) is 2.87.